The molecule has 0 amide bonds. The van der Waals surface area contributed by atoms with E-state index in [0.29, 0.717) is 0 Å². The van der Waals surface area contributed by atoms with Crippen LogP contribution in [0.4, 0.5) is 0 Å². The van der Waals surface area contributed by atoms with Crippen LogP contribution in [0.5, 0.6) is 0 Å². The van der Waals surface area contributed by atoms with Gasteiger partial charge in [-0.3, -0.25) is 4.40 Å². The van der Waals surface area contributed by atoms with Crippen molar-refractivity contribution in [2.45, 2.75) is 32.7 Å². The van der Waals surface area contributed by atoms with E-state index in [0.717, 1.165) is 17.1 Å². The van der Waals surface area contributed by atoms with Crippen molar-refractivity contribution >= 4 is 26.5 Å². The molecule has 2 aromatic heterocycles. The average Bonchev–Trinajstić information content (AvgIpc) is 2.70. The fraction of sp³-hybridized carbons (Fsp3) is 0.357. The molecule has 94 valence electrons. The Labute approximate surface area is 110 Å². The summed E-state index contributed by atoms with van der Waals surface area (Å²) in [7, 11) is 0. The summed E-state index contributed by atoms with van der Waals surface area (Å²) in [5, 5.41) is 0. The van der Waals surface area contributed by atoms with Crippen molar-refractivity contribution in [1.29, 1.82) is 0 Å². The van der Waals surface area contributed by atoms with E-state index in [1.807, 2.05) is 6.92 Å². The minimum Gasteiger partial charge on any atom is -0.325 e. The highest BCUT2D eigenvalue weighted by Gasteiger charge is 2.13. The molecule has 4 heteroatoms. The third-order valence-corrected chi connectivity index (χ3v) is 3.96. The molecule has 3 rings (SSSR count). The topological polar surface area (TPSA) is 43.3 Å². The van der Waals surface area contributed by atoms with Crippen LogP contribution in [0.2, 0.25) is 0 Å². The molecule has 2 N–H and O–H groups in total. The highest BCUT2D eigenvalue weighted by molar-refractivity contribution is 7.23. The molecule has 0 bridgehead atoms. The van der Waals surface area contributed by atoms with Gasteiger partial charge in [-0.1, -0.05) is 17.4 Å². The Morgan fingerprint density at radius 3 is 2.89 bits per heavy atom. The van der Waals surface area contributed by atoms with E-state index in [2.05, 4.69) is 47.6 Å². The summed E-state index contributed by atoms with van der Waals surface area (Å²) in [6.07, 6.45) is 2.98. The zero-order valence-electron chi connectivity index (χ0n) is 10.9. The maximum atomic E-state index is 6.07. The van der Waals surface area contributed by atoms with Crippen molar-refractivity contribution in [3.63, 3.8) is 0 Å². The predicted octanol–water partition coefficient (Wildman–Crippen LogP) is 3.14. The van der Waals surface area contributed by atoms with Gasteiger partial charge in [-0.15, -0.1) is 0 Å². The molecule has 0 unspecified atom stereocenters. The predicted molar refractivity (Wildman–Crippen MR) is 77.3 cm³/mol. The largest absolute Gasteiger partial charge is 0.325 e. The van der Waals surface area contributed by atoms with E-state index in [-0.39, 0.29) is 5.54 Å². The van der Waals surface area contributed by atoms with Crippen molar-refractivity contribution < 1.29 is 0 Å². The van der Waals surface area contributed by atoms with Gasteiger partial charge in [0.05, 0.1) is 15.9 Å². The van der Waals surface area contributed by atoms with Crippen LogP contribution < -0.4 is 5.73 Å². The fourth-order valence-electron chi connectivity index (χ4n) is 2.29. The summed E-state index contributed by atoms with van der Waals surface area (Å²) in [5.74, 6) is 0. The Hall–Kier alpha value is -1.39. The molecule has 2 heterocycles. The minimum absolute atomic E-state index is 0.165. The summed E-state index contributed by atoms with van der Waals surface area (Å²) in [5.41, 5.74) is 9.49. The van der Waals surface area contributed by atoms with Crippen molar-refractivity contribution in [2.24, 2.45) is 5.73 Å². The number of nitrogens with zero attached hydrogens (tertiary/aromatic N) is 2. The van der Waals surface area contributed by atoms with Gasteiger partial charge in [0.25, 0.3) is 0 Å². The van der Waals surface area contributed by atoms with Crippen LogP contribution in [0.15, 0.2) is 24.4 Å². The molecule has 3 aromatic rings. The maximum absolute atomic E-state index is 6.07. The molecule has 0 radical (unpaired) electrons. The van der Waals surface area contributed by atoms with E-state index in [1.165, 1.54) is 15.8 Å². The van der Waals surface area contributed by atoms with Crippen LogP contribution >= 0.6 is 11.3 Å². The van der Waals surface area contributed by atoms with Crippen LogP contribution in [-0.2, 0) is 6.42 Å². The third kappa shape index (κ3) is 2.02. The molecule has 1 aromatic carbocycles. The number of benzene rings is 1. The van der Waals surface area contributed by atoms with Crippen LogP contribution in [0.25, 0.3) is 15.2 Å². The molecule has 0 aliphatic heterocycles. The number of rotatable bonds is 2. The van der Waals surface area contributed by atoms with Crippen molar-refractivity contribution in [3.8, 4) is 0 Å². The second-order valence-electron chi connectivity index (χ2n) is 5.60. The molecule has 0 atom stereocenters. The monoisotopic (exact) mass is 259 g/mol. The molecule has 0 aliphatic rings. The smallest absolute Gasteiger partial charge is 0.194 e. The fourth-order valence-corrected chi connectivity index (χ4v) is 3.41. The lowest BCUT2D eigenvalue weighted by Crippen LogP contribution is -2.34. The standard InChI is InChI=1S/C14H17N3S/c1-9-8-17-11-5-4-10(7-14(2,3)15)6-12(11)18-13(17)16-9/h4-6,8H,7,15H2,1-3H3. The van der Waals surface area contributed by atoms with Crippen molar-refractivity contribution in [1.82, 2.24) is 9.38 Å². The highest BCUT2D eigenvalue weighted by Crippen LogP contribution is 2.28. The molecule has 3 nitrogen and oxygen atoms in total. The lowest BCUT2D eigenvalue weighted by atomic mass is 9.96. The number of hydrogen-bond acceptors (Lipinski definition) is 3. The summed E-state index contributed by atoms with van der Waals surface area (Å²) in [6, 6.07) is 6.57. The second-order valence-corrected chi connectivity index (χ2v) is 6.61. The van der Waals surface area contributed by atoms with Gasteiger partial charge in [0, 0.05) is 11.7 Å². The van der Waals surface area contributed by atoms with Crippen LogP contribution in [0.3, 0.4) is 0 Å². The van der Waals surface area contributed by atoms with Gasteiger partial charge in [-0.2, -0.15) is 0 Å². The van der Waals surface area contributed by atoms with Gasteiger partial charge >= 0.3 is 0 Å². The summed E-state index contributed by atoms with van der Waals surface area (Å²) < 4.78 is 3.44. The SMILES string of the molecule is Cc1cn2c(n1)sc1cc(CC(C)(C)N)ccc12. The number of aromatic nitrogens is 2. The van der Waals surface area contributed by atoms with E-state index in [1.54, 1.807) is 11.3 Å². The Kier molecular flexibility index (Phi) is 2.47. The van der Waals surface area contributed by atoms with E-state index < -0.39 is 0 Å². The van der Waals surface area contributed by atoms with E-state index in [9.17, 15) is 0 Å². The minimum atomic E-state index is -0.165. The normalized spacial score (nSPS) is 12.7. The molecule has 0 fully saturated rings. The Balaban J connectivity index is 2.12. The Bertz CT molecular complexity index is 716. The van der Waals surface area contributed by atoms with E-state index >= 15 is 0 Å². The van der Waals surface area contributed by atoms with Gasteiger partial charge in [-0.25, -0.2) is 4.98 Å². The summed E-state index contributed by atoms with van der Waals surface area (Å²) in [4.78, 5) is 5.57. The molecule has 0 saturated heterocycles. The highest BCUT2D eigenvalue weighted by atomic mass is 32.1. The maximum Gasteiger partial charge on any atom is 0.194 e. The van der Waals surface area contributed by atoms with Crippen LogP contribution in [-0.4, -0.2) is 14.9 Å². The number of thiazole rings is 1. The lowest BCUT2D eigenvalue weighted by molar-refractivity contribution is 0.517. The first kappa shape index (κ1) is 11.7. The Morgan fingerprint density at radius 1 is 1.39 bits per heavy atom. The zero-order chi connectivity index (χ0) is 12.9. The van der Waals surface area contributed by atoms with Gasteiger partial charge in [0.2, 0.25) is 0 Å². The van der Waals surface area contributed by atoms with Crippen molar-refractivity contribution in [2.75, 3.05) is 0 Å². The first-order valence-electron chi connectivity index (χ1n) is 6.08. The number of fused-ring (bicyclic) bond motifs is 3. The molecule has 0 aliphatic carbocycles. The van der Waals surface area contributed by atoms with E-state index in [4.69, 9.17) is 5.73 Å². The first-order valence-corrected chi connectivity index (χ1v) is 6.90. The first-order chi connectivity index (χ1) is 8.42. The summed E-state index contributed by atoms with van der Waals surface area (Å²) >= 11 is 1.73. The van der Waals surface area contributed by atoms with Gasteiger partial charge in [-0.05, 0) is 44.9 Å². The zero-order valence-corrected chi connectivity index (χ0v) is 11.7. The van der Waals surface area contributed by atoms with Gasteiger partial charge in [0.1, 0.15) is 0 Å². The van der Waals surface area contributed by atoms with Crippen LogP contribution in [0, 0.1) is 6.92 Å². The molecular formula is C14H17N3S. The van der Waals surface area contributed by atoms with Crippen LogP contribution in [0.1, 0.15) is 25.1 Å². The summed E-state index contributed by atoms with van der Waals surface area (Å²) in [6.45, 7) is 6.14. The average molecular weight is 259 g/mol. The lowest BCUT2D eigenvalue weighted by Gasteiger charge is -2.18. The number of imidazole rings is 1. The molecule has 18 heavy (non-hydrogen) atoms. The number of nitrogens with two attached hydrogens (primary N) is 1. The van der Waals surface area contributed by atoms with Crippen molar-refractivity contribution in [3.05, 3.63) is 35.7 Å². The quantitative estimate of drug-likeness (QED) is 0.768. The molecular weight excluding hydrogens is 242 g/mol. The molecule has 0 saturated carbocycles. The third-order valence-electron chi connectivity index (χ3n) is 2.94. The molecule has 0 spiro atoms. The second kappa shape index (κ2) is 3.80. The van der Waals surface area contributed by atoms with Gasteiger partial charge in [0.15, 0.2) is 4.96 Å². The Morgan fingerprint density at radius 2 is 2.17 bits per heavy atom. The van der Waals surface area contributed by atoms with Gasteiger partial charge < -0.3 is 5.73 Å². The number of aryl methyl sites for hydroxylation is 1. The number of hydrogen-bond donors (Lipinski definition) is 1.